The second-order valence-electron chi connectivity index (χ2n) is 5.51. The maximum atomic E-state index is 12.9. The van der Waals surface area contributed by atoms with E-state index in [4.69, 9.17) is 0 Å². The van der Waals surface area contributed by atoms with E-state index >= 15 is 0 Å². The zero-order valence-corrected chi connectivity index (χ0v) is 16.1. The molecule has 1 aromatic heterocycles. The topological polar surface area (TPSA) is 96.0 Å². The lowest BCUT2D eigenvalue weighted by molar-refractivity contribution is -0.119. The Bertz CT molecular complexity index is 935. The number of hydrazine groups is 1. The summed E-state index contributed by atoms with van der Waals surface area (Å²) in [6.45, 7) is 0.492. The van der Waals surface area contributed by atoms with Crippen LogP contribution in [0.4, 0.5) is 9.52 Å². The summed E-state index contributed by atoms with van der Waals surface area (Å²) in [6.07, 6.45) is 0. The molecule has 0 bridgehead atoms. The summed E-state index contributed by atoms with van der Waals surface area (Å²) < 4.78 is 13.5. The predicted molar refractivity (Wildman–Crippen MR) is 106 cm³/mol. The Kier molecular flexibility index (Phi) is 6.93. The van der Waals surface area contributed by atoms with Gasteiger partial charge in [-0.1, -0.05) is 53.4 Å². The average molecular weight is 417 g/mol. The third kappa shape index (κ3) is 6.03. The van der Waals surface area contributed by atoms with Gasteiger partial charge < -0.3 is 5.32 Å². The van der Waals surface area contributed by atoms with E-state index in [1.807, 2.05) is 0 Å². The summed E-state index contributed by atoms with van der Waals surface area (Å²) in [7, 11) is 0. The molecule has 0 atom stereocenters. The first kappa shape index (κ1) is 19.8. The van der Waals surface area contributed by atoms with E-state index < -0.39 is 0 Å². The SMILES string of the molecule is O=C(CSc1nnc(NCc2ccc(F)cc2)s1)NNC(=O)c1ccccc1. The van der Waals surface area contributed by atoms with Crippen LogP contribution in [0.1, 0.15) is 15.9 Å². The Balaban J connectivity index is 1.39. The number of carbonyl (C=O) groups excluding carboxylic acids is 2. The standard InChI is InChI=1S/C18H16FN5O2S2/c19-14-8-6-12(7-9-14)10-20-17-23-24-18(28-17)27-11-15(25)21-22-16(26)13-4-2-1-3-5-13/h1-9H,10-11H2,(H,20,23)(H,21,25)(H,22,26). The number of benzene rings is 2. The van der Waals surface area contributed by atoms with E-state index in [9.17, 15) is 14.0 Å². The Morgan fingerprint density at radius 1 is 1.00 bits per heavy atom. The summed E-state index contributed by atoms with van der Waals surface area (Å²) in [5.41, 5.74) is 6.09. The van der Waals surface area contributed by atoms with E-state index in [1.54, 1.807) is 42.5 Å². The Hall–Kier alpha value is -2.98. The second-order valence-corrected chi connectivity index (χ2v) is 7.71. The lowest BCUT2D eigenvalue weighted by atomic mass is 10.2. The molecule has 0 radical (unpaired) electrons. The minimum atomic E-state index is -0.387. The molecule has 2 amide bonds. The normalized spacial score (nSPS) is 10.3. The summed E-state index contributed by atoms with van der Waals surface area (Å²) in [5.74, 6) is -0.939. The first-order valence-corrected chi connectivity index (χ1v) is 9.99. The van der Waals surface area contributed by atoms with Crippen LogP contribution in [0.5, 0.6) is 0 Å². The average Bonchev–Trinajstić information content (AvgIpc) is 3.18. The monoisotopic (exact) mass is 417 g/mol. The number of aromatic nitrogens is 2. The highest BCUT2D eigenvalue weighted by molar-refractivity contribution is 8.01. The number of hydrogen-bond acceptors (Lipinski definition) is 7. The van der Waals surface area contributed by atoms with Gasteiger partial charge in [-0.3, -0.25) is 20.4 Å². The van der Waals surface area contributed by atoms with Crippen molar-refractivity contribution in [2.24, 2.45) is 0 Å². The maximum Gasteiger partial charge on any atom is 0.269 e. The van der Waals surface area contributed by atoms with Gasteiger partial charge in [0.15, 0.2) is 4.34 Å². The highest BCUT2D eigenvalue weighted by Crippen LogP contribution is 2.25. The largest absolute Gasteiger partial charge is 0.356 e. The first-order valence-electron chi connectivity index (χ1n) is 8.19. The smallest absolute Gasteiger partial charge is 0.269 e. The van der Waals surface area contributed by atoms with Crippen LogP contribution in [0.3, 0.4) is 0 Å². The molecular weight excluding hydrogens is 401 g/mol. The van der Waals surface area contributed by atoms with E-state index in [1.165, 1.54) is 35.2 Å². The summed E-state index contributed by atoms with van der Waals surface area (Å²) in [6, 6.07) is 14.8. The lowest BCUT2D eigenvalue weighted by Gasteiger charge is -2.06. The van der Waals surface area contributed by atoms with Gasteiger partial charge in [0.05, 0.1) is 5.75 Å². The number of amides is 2. The van der Waals surface area contributed by atoms with Gasteiger partial charge in [-0.15, -0.1) is 10.2 Å². The van der Waals surface area contributed by atoms with E-state index in [0.717, 1.165) is 5.56 Å². The molecular formula is C18H16FN5O2S2. The van der Waals surface area contributed by atoms with Gasteiger partial charge in [0, 0.05) is 12.1 Å². The minimum Gasteiger partial charge on any atom is -0.356 e. The van der Waals surface area contributed by atoms with Gasteiger partial charge in [0.2, 0.25) is 11.0 Å². The molecule has 28 heavy (non-hydrogen) atoms. The van der Waals surface area contributed by atoms with Crippen LogP contribution in [0, 0.1) is 5.82 Å². The molecule has 0 saturated heterocycles. The molecule has 0 aliphatic carbocycles. The van der Waals surface area contributed by atoms with Crippen LogP contribution < -0.4 is 16.2 Å². The molecule has 0 spiro atoms. The van der Waals surface area contributed by atoms with Crippen molar-refractivity contribution in [2.75, 3.05) is 11.1 Å². The van der Waals surface area contributed by atoms with Crippen LogP contribution in [0.2, 0.25) is 0 Å². The number of carbonyl (C=O) groups is 2. The third-order valence-corrected chi connectivity index (χ3v) is 5.46. The quantitative estimate of drug-likeness (QED) is 0.404. The van der Waals surface area contributed by atoms with E-state index in [2.05, 4.69) is 26.4 Å². The Morgan fingerprint density at radius 3 is 2.50 bits per heavy atom. The zero-order valence-electron chi connectivity index (χ0n) is 14.5. The van der Waals surface area contributed by atoms with Gasteiger partial charge in [-0.25, -0.2) is 4.39 Å². The molecule has 10 heteroatoms. The number of nitrogens with one attached hydrogen (secondary N) is 3. The predicted octanol–water partition coefficient (Wildman–Crippen LogP) is 2.84. The van der Waals surface area contributed by atoms with Crippen molar-refractivity contribution >= 4 is 40.0 Å². The molecule has 0 aliphatic heterocycles. The molecule has 2 aromatic carbocycles. The molecule has 1 heterocycles. The number of hydrogen-bond donors (Lipinski definition) is 3. The van der Waals surface area contributed by atoms with Gasteiger partial charge in [0.25, 0.3) is 5.91 Å². The van der Waals surface area contributed by atoms with Crippen LogP contribution in [-0.2, 0) is 11.3 Å². The van der Waals surface area contributed by atoms with Crippen LogP contribution in [0.25, 0.3) is 0 Å². The van der Waals surface area contributed by atoms with Crippen molar-refractivity contribution in [2.45, 2.75) is 10.9 Å². The van der Waals surface area contributed by atoms with Crippen molar-refractivity contribution in [3.63, 3.8) is 0 Å². The lowest BCUT2D eigenvalue weighted by Crippen LogP contribution is -2.42. The molecule has 3 aromatic rings. The molecule has 0 unspecified atom stereocenters. The zero-order chi connectivity index (χ0) is 19.8. The molecule has 3 N–H and O–H groups in total. The number of nitrogens with zero attached hydrogens (tertiary/aromatic N) is 2. The fourth-order valence-electron chi connectivity index (χ4n) is 2.07. The molecule has 0 fully saturated rings. The van der Waals surface area contributed by atoms with Gasteiger partial charge in [-0.2, -0.15) is 0 Å². The van der Waals surface area contributed by atoms with Crippen molar-refractivity contribution in [1.82, 2.24) is 21.0 Å². The van der Waals surface area contributed by atoms with Crippen LogP contribution in [0.15, 0.2) is 58.9 Å². The highest BCUT2D eigenvalue weighted by atomic mass is 32.2. The summed E-state index contributed by atoms with van der Waals surface area (Å²) >= 11 is 2.52. The van der Waals surface area contributed by atoms with E-state index in [-0.39, 0.29) is 23.4 Å². The van der Waals surface area contributed by atoms with Crippen LogP contribution >= 0.6 is 23.1 Å². The minimum absolute atomic E-state index is 0.0850. The third-order valence-electron chi connectivity index (χ3n) is 3.44. The maximum absolute atomic E-state index is 12.9. The number of thioether (sulfide) groups is 1. The van der Waals surface area contributed by atoms with Gasteiger partial charge in [0.1, 0.15) is 5.82 Å². The number of rotatable bonds is 7. The van der Waals surface area contributed by atoms with Crippen LogP contribution in [-0.4, -0.2) is 27.8 Å². The molecule has 7 nitrogen and oxygen atoms in total. The molecule has 3 rings (SSSR count). The second kappa shape index (κ2) is 9.81. The Labute approximate surface area is 168 Å². The molecule has 144 valence electrons. The number of anilines is 1. The van der Waals surface area contributed by atoms with Crippen molar-refractivity contribution in [1.29, 1.82) is 0 Å². The Morgan fingerprint density at radius 2 is 1.75 bits per heavy atom. The molecule has 0 aliphatic rings. The van der Waals surface area contributed by atoms with Crippen molar-refractivity contribution in [3.05, 3.63) is 71.5 Å². The number of halogens is 1. The van der Waals surface area contributed by atoms with Crippen molar-refractivity contribution < 1.29 is 14.0 Å². The summed E-state index contributed by atoms with van der Waals surface area (Å²) in [5, 5.41) is 11.7. The summed E-state index contributed by atoms with van der Waals surface area (Å²) in [4.78, 5) is 23.7. The van der Waals surface area contributed by atoms with Gasteiger partial charge in [-0.05, 0) is 29.8 Å². The van der Waals surface area contributed by atoms with Crippen molar-refractivity contribution in [3.8, 4) is 0 Å². The molecule has 0 saturated carbocycles. The highest BCUT2D eigenvalue weighted by Gasteiger charge is 2.10. The van der Waals surface area contributed by atoms with E-state index in [0.29, 0.717) is 21.6 Å². The fourth-order valence-corrected chi connectivity index (χ4v) is 3.62. The fraction of sp³-hybridized carbons (Fsp3) is 0.111. The first-order chi connectivity index (χ1) is 13.6. The van der Waals surface area contributed by atoms with Gasteiger partial charge >= 0.3 is 0 Å².